The molecule has 2 aromatic carbocycles. The van der Waals surface area contributed by atoms with E-state index in [9.17, 15) is 24.3 Å². The van der Waals surface area contributed by atoms with Crippen molar-refractivity contribution in [2.45, 2.75) is 122 Å². The summed E-state index contributed by atoms with van der Waals surface area (Å²) in [5, 5.41) is 25.2. The fraction of sp³-hybridized carbons (Fsp3) is 0.590. The van der Waals surface area contributed by atoms with Crippen LogP contribution in [-0.2, 0) is 42.8 Å². The standard InChI is InChI=1S/C39H51N3O6/c1-36-17-5-19-38(3,30(36)14-9-23-7-11-25(21-27(23)36)41-33(46)29(40)13-16-32(44)45)34(47)42-35(48)39(4)20-6-18-37(2)28-22-26(43)12-8-24(28)10-15-31(37)39/h7-8,11-12,21-22,29-31,43H,5-6,9-10,13-20,40H2,1-4H3,(H,41,46)(H,44,45)(H,42,47,48)/t29-,30+,31+,36+,37+,38-,39-/m0/s1. The van der Waals surface area contributed by atoms with E-state index in [1.807, 2.05) is 44.2 Å². The highest BCUT2D eigenvalue weighted by molar-refractivity contribution is 6.01. The van der Waals surface area contributed by atoms with Crippen molar-refractivity contribution in [3.8, 4) is 5.75 Å². The number of anilines is 1. The summed E-state index contributed by atoms with van der Waals surface area (Å²) in [7, 11) is 0. The first-order chi connectivity index (χ1) is 22.6. The molecular weight excluding hydrogens is 606 g/mol. The average Bonchev–Trinajstić information content (AvgIpc) is 3.03. The van der Waals surface area contributed by atoms with Crippen LogP contribution < -0.4 is 16.4 Å². The fourth-order valence-corrected chi connectivity index (χ4v) is 10.6. The van der Waals surface area contributed by atoms with Gasteiger partial charge in [-0.2, -0.15) is 0 Å². The molecule has 0 heterocycles. The van der Waals surface area contributed by atoms with Gasteiger partial charge in [0.1, 0.15) is 5.75 Å². The van der Waals surface area contributed by atoms with E-state index in [0.717, 1.165) is 68.9 Å². The minimum atomic E-state index is -0.996. The van der Waals surface area contributed by atoms with Gasteiger partial charge in [-0.05, 0) is 127 Å². The Morgan fingerprint density at radius 2 is 1.33 bits per heavy atom. The summed E-state index contributed by atoms with van der Waals surface area (Å²) >= 11 is 0. The Labute approximate surface area is 283 Å². The molecule has 0 aliphatic heterocycles. The zero-order chi connectivity index (χ0) is 34.6. The highest BCUT2D eigenvalue weighted by Gasteiger charge is 2.58. The molecule has 0 radical (unpaired) electrons. The number of carboxylic acid groups (broad SMARTS) is 1. The minimum absolute atomic E-state index is 0.00298. The number of hydrogen-bond donors (Lipinski definition) is 5. The van der Waals surface area contributed by atoms with Gasteiger partial charge in [-0.3, -0.25) is 24.5 Å². The molecule has 2 saturated carbocycles. The van der Waals surface area contributed by atoms with Gasteiger partial charge in [0.25, 0.3) is 0 Å². The van der Waals surface area contributed by atoms with Gasteiger partial charge in [-0.1, -0.05) is 52.7 Å². The molecule has 0 spiro atoms. The topological polar surface area (TPSA) is 159 Å². The Morgan fingerprint density at radius 1 is 0.812 bits per heavy atom. The van der Waals surface area contributed by atoms with Crippen molar-refractivity contribution in [2.75, 3.05) is 5.32 Å². The van der Waals surface area contributed by atoms with Crippen LogP contribution in [0.5, 0.6) is 5.75 Å². The van der Waals surface area contributed by atoms with E-state index in [4.69, 9.17) is 10.8 Å². The lowest BCUT2D eigenvalue weighted by atomic mass is 9.49. The molecule has 9 nitrogen and oxygen atoms in total. The van der Waals surface area contributed by atoms with Crippen LogP contribution >= 0.6 is 0 Å². The average molecular weight is 658 g/mol. The van der Waals surface area contributed by atoms with Gasteiger partial charge in [-0.15, -0.1) is 0 Å². The lowest BCUT2D eigenvalue weighted by molar-refractivity contribution is -0.150. The Balaban J connectivity index is 1.22. The number of phenolic OH excluding ortho intramolecular Hbond substituents is 1. The third-order valence-corrected chi connectivity index (χ3v) is 13.2. The number of nitrogens with two attached hydrogens (primary N) is 1. The van der Waals surface area contributed by atoms with E-state index in [0.29, 0.717) is 12.1 Å². The van der Waals surface area contributed by atoms with Crippen LogP contribution in [0.4, 0.5) is 5.69 Å². The predicted octanol–water partition coefficient (Wildman–Crippen LogP) is 5.89. The van der Waals surface area contributed by atoms with Gasteiger partial charge in [0.2, 0.25) is 17.7 Å². The molecule has 6 rings (SSSR count). The van der Waals surface area contributed by atoms with Gasteiger partial charge < -0.3 is 21.3 Å². The van der Waals surface area contributed by atoms with E-state index in [2.05, 4.69) is 24.5 Å². The summed E-state index contributed by atoms with van der Waals surface area (Å²) in [5.74, 6) is -1.49. The molecule has 0 unspecified atom stereocenters. The Hall–Kier alpha value is -3.72. The number of aryl methyl sites for hydroxylation is 2. The minimum Gasteiger partial charge on any atom is -0.508 e. The Kier molecular flexibility index (Phi) is 8.76. The highest BCUT2D eigenvalue weighted by Crippen LogP contribution is 2.59. The number of benzene rings is 2. The molecule has 6 N–H and O–H groups in total. The third-order valence-electron chi connectivity index (χ3n) is 13.2. The van der Waals surface area contributed by atoms with E-state index >= 15 is 0 Å². The predicted molar refractivity (Wildman–Crippen MR) is 183 cm³/mol. The Bertz CT molecular complexity index is 1660. The number of rotatable bonds is 7. The first-order valence-electron chi connectivity index (χ1n) is 17.7. The van der Waals surface area contributed by atoms with Gasteiger partial charge in [0.05, 0.1) is 16.9 Å². The van der Waals surface area contributed by atoms with Crippen LogP contribution in [0.1, 0.15) is 114 Å². The smallest absolute Gasteiger partial charge is 0.303 e. The van der Waals surface area contributed by atoms with Crippen molar-refractivity contribution in [1.29, 1.82) is 0 Å². The van der Waals surface area contributed by atoms with Crippen LogP contribution in [0.3, 0.4) is 0 Å². The number of hydrogen-bond acceptors (Lipinski definition) is 6. The summed E-state index contributed by atoms with van der Waals surface area (Å²) in [5.41, 5.74) is 9.20. The van der Waals surface area contributed by atoms with Crippen LogP contribution in [-0.4, -0.2) is 39.9 Å². The summed E-state index contributed by atoms with van der Waals surface area (Å²) in [4.78, 5) is 52.5. The van der Waals surface area contributed by atoms with Crippen LogP contribution in [0.15, 0.2) is 36.4 Å². The van der Waals surface area contributed by atoms with Crippen LogP contribution in [0.2, 0.25) is 0 Å². The summed E-state index contributed by atoms with van der Waals surface area (Å²) in [6.07, 6.45) is 8.16. The number of aliphatic carboxylic acids is 1. The lowest BCUT2D eigenvalue weighted by Crippen LogP contribution is -2.60. The van der Waals surface area contributed by atoms with Crippen molar-refractivity contribution in [3.63, 3.8) is 0 Å². The maximum atomic E-state index is 14.4. The number of carboxylic acids is 1. The molecule has 4 aliphatic carbocycles. The fourth-order valence-electron chi connectivity index (χ4n) is 10.6. The normalized spacial score (nSPS) is 32.8. The molecule has 0 bridgehead atoms. The lowest BCUT2D eigenvalue weighted by Gasteiger charge is -2.56. The second-order valence-corrected chi connectivity index (χ2v) is 16.1. The van der Waals surface area contributed by atoms with Crippen molar-refractivity contribution in [2.24, 2.45) is 28.4 Å². The van der Waals surface area contributed by atoms with Crippen molar-refractivity contribution in [1.82, 2.24) is 5.32 Å². The number of fused-ring (bicyclic) bond motifs is 6. The largest absolute Gasteiger partial charge is 0.508 e. The molecule has 3 amide bonds. The van der Waals surface area contributed by atoms with E-state index in [1.54, 1.807) is 6.07 Å². The maximum absolute atomic E-state index is 14.4. The second-order valence-electron chi connectivity index (χ2n) is 16.1. The van der Waals surface area contributed by atoms with Gasteiger partial charge in [0, 0.05) is 12.1 Å². The SMILES string of the molecule is C[C@]1(C(=O)NC(=O)[C@@]2(C)CCC[C@]3(C)c4cc(NC(=O)[C@@H](N)CCC(=O)O)ccc4CC[C@@H]23)CCC[C@]2(C)c3cc(O)ccc3CC[C@@H]12. The molecule has 4 aliphatic rings. The second kappa shape index (κ2) is 12.3. The first-order valence-corrected chi connectivity index (χ1v) is 17.7. The van der Waals surface area contributed by atoms with E-state index in [1.165, 1.54) is 11.1 Å². The molecule has 0 aromatic heterocycles. The number of phenols is 1. The van der Waals surface area contributed by atoms with E-state index in [-0.39, 0.29) is 53.1 Å². The molecule has 48 heavy (non-hydrogen) atoms. The molecule has 258 valence electrons. The van der Waals surface area contributed by atoms with Crippen molar-refractivity contribution in [3.05, 3.63) is 58.7 Å². The third kappa shape index (κ3) is 5.61. The maximum Gasteiger partial charge on any atom is 0.303 e. The van der Waals surface area contributed by atoms with Crippen molar-refractivity contribution < 1.29 is 29.4 Å². The number of amides is 3. The number of carbonyl (C=O) groups excluding carboxylic acids is 3. The molecule has 9 heteroatoms. The van der Waals surface area contributed by atoms with Gasteiger partial charge in [-0.25, -0.2) is 0 Å². The van der Waals surface area contributed by atoms with Crippen LogP contribution in [0, 0.1) is 22.7 Å². The van der Waals surface area contributed by atoms with E-state index < -0.39 is 28.7 Å². The monoisotopic (exact) mass is 657 g/mol. The summed E-state index contributed by atoms with van der Waals surface area (Å²) in [6.45, 7) is 8.52. The van der Waals surface area contributed by atoms with Gasteiger partial charge in [0.15, 0.2) is 0 Å². The Morgan fingerprint density at radius 3 is 1.88 bits per heavy atom. The number of imide groups is 1. The zero-order valence-electron chi connectivity index (χ0n) is 28.8. The number of aromatic hydroxyl groups is 1. The summed E-state index contributed by atoms with van der Waals surface area (Å²) < 4.78 is 0. The number of carbonyl (C=O) groups is 4. The molecular formula is C39H51N3O6. The molecule has 2 aromatic rings. The van der Waals surface area contributed by atoms with Crippen molar-refractivity contribution >= 4 is 29.4 Å². The number of nitrogens with one attached hydrogen (secondary N) is 2. The first kappa shape index (κ1) is 34.2. The molecule has 2 fully saturated rings. The van der Waals surface area contributed by atoms with Crippen LogP contribution in [0.25, 0.3) is 0 Å². The zero-order valence-corrected chi connectivity index (χ0v) is 28.8. The van der Waals surface area contributed by atoms with Gasteiger partial charge >= 0.3 is 5.97 Å². The molecule has 0 saturated heterocycles. The molecule has 7 atom stereocenters. The quantitative estimate of drug-likeness (QED) is 0.232. The summed E-state index contributed by atoms with van der Waals surface area (Å²) in [6, 6.07) is 10.6. The highest BCUT2D eigenvalue weighted by atomic mass is 16.4.